The monoisotopic (exact) mass is 278 g/mol. The summed E-state index contributed by atoms with van der Waals surface area (Å²) in [6.45, 7) is 0. The summed E-state index contributed by atoms with van der Waals surface area (Å²) in [4.78, 5) is 12.9. The van der Waals surface area contributed by atoms with E-state index in [0.717, 1.165) is 16.9 Å². The molecule has 104 valence electrons. The molecule has 0 aliphatic heterocycles. The Labute approximate surface area is 122 Å². The maximum absolute atomic E-state index is 5.55. The van der Waals surface area contributed by atoms with Crippen LogP contribution in [-0.2, 0) is 0 Å². The molecule has 3 rings (SSSR count). The molecule has 0 radical (unpaired) electrons. The Balaban J connectivity index is 1.92. The maximum atomic E-state index is 5.55. The van der Waals surface area contributed by atoms with Gasteiger partial charge in [-0.25, -0.2) is 10.8 Å². The molecule has 6 heteroatoms. The van der Waals surface area contributed by atoms with Crippen molar-refractivity contribution >= 4 is 17.5 Å². The number of benzene rings is 1. The molecule has 4 N–H and O–H groups in total. The lowest BCUT2D eigenvalue weighted by Crippen LogP contribution is -2.12. The van der Waals surface area contributed by atoms with Crippen LogP contribution in [0.15, 0.2) is 60.9 Å². The molecule has 1 aromatic carbocycles. The summed E-state index contributed by atoms with van der Waals surface area (Å²) < 4.78 is 0. The van der Waals surface area contributed by atoms with Crippen molar-refractivity contribution < 1.29 is 0 Å². The third-order valence-electron chi connectivity index (χ3n) is 2.90. The highest BCUT2D eigenvalue weighted by Crippen LogP contribution is 2.24. The summed E-state index contributed by atoms with van der Waals surface area (Å²) >= 11 is 0. The van der Waals surface area contributed by atoms with Gasteiger partial charge in [-0.15, -0.1) is 0 Å². The molecule has 0 aliphatic carbocycles. The summed E-state index contributed by atoms with van der Waals surface area (Å²) in [7, 11) is 0. The van der Waals surface area contributed by atoms with Crippen molar-refractivity contribution in [2.24, 2.45) is 5.84 Å². The van der Waals surface area contributed by atoms with E-state index in [9.17, 15) is 0 Å². The van der Waals surface area contributed by atoms with Crippen LogP contribution in [0.25, 0.3) is 11.3 Å². The Morgan fingerprint density at radius 3 is 2.43 bits per heavy atom. The fraction of sp³-hybridized carbons (Fsp3) is 0. The van der Waals surface area contributed by atoms with E-state index in [1.165, 1.54) is 0 Å². The first kappa shape index (κ1) is 13.0. The van der Waals surface area contributed by atoms with E-state index < -0.39 is 0 Å². The number of pyridine rings is 1. The summed E-state index contributed by atoms with van der Waals surface area (Å²) in [6.07, 6.45) is 3.40. The molecular formula is C15H14N6. The Morgan fingerprint density at radius 1 is 0.905 bits per heavy atom. The fourth-order valence-corrected chi connectivity index (χ4v) is 1.91. The summed E-state index contributed by atoms with van der Waals surface area (Å²) in [6, 6.07) is 15.3. The number of aromatic nitrogens is 3. The zero-order chi connectivity index (χ0) is 14.5. The third-order valence-corrected chi connectivity index (χ3v) is 2.90. The van der Waals surface area contributed by atoms with Gasteiger partial charge in [0.1, 0.15) is 0 Å². The van der Waals surface area contributed by atoms with Gasteiger partial charge < -0.3 is 10.7 Å². The highest BCUT2D eigenvalue weighted by atomic mass is 15.3. The maximum Gasteiger partial charge on any atom is 0.229 e. The number of hydrogen-bond donors (Lipinski definition) is 3. The van der Waals surface area contributed by atoms with Gasteiger partial charge in [0.15, 0.2) is 5.82 Å². The van der Waals surface area contributed by atoms with E-state index in [1.54, 1.807) is 12.4 Å². The largest absolute Gasteiger partial charge is 0.324 e. The zero-order valence-corrected chi connectivity index (χ0v) is 11.2. The highest BCUT2D eigenvalue weighted by Gasteiger charge is 2.09. The number of rotatable bonds is 4. The number of hydrogen-bond acceptors (Lipinski definition) is 6. The van der Waals surface area contributed by atoms with Crippen molar-refractivity contribution in [2.45, 2.75) is 0 Å². The molecule has 0 amide bonds. The highest BCUT2D eigenvalue weighted by molar-refractivity contribution is 5.72. The van der Waals surface area contributed by atoms with Crippen molar-refractivity contribution in [3.05, 3.63) is 60.9 Å². The molecule has 21 heavy (non-hydrogen) atoms. The van der Waals surface area contributed by atoms with Crippen molar-refractivity contribution in [1.29, 1.82) is 0 Å². The first-order chi connectivity index (χ1) is 10.4. The molecule has 0 spiro atoms. The molecule has 6 nitrogen and oxygen atoms in total. The fourth-order valence-electron chi connectivity index (χ4n) is 1.91. The lowest BCUT2D eigenvalue weighted by atomic mass is 10.2. The van der Waals surface area contributed by atoms with Gasteiger partial charge >= 0.3 is 0 Å². The molecule has 2 aromatic heterocycles. The average Bonchev–Trinajstić information content (AvgIpc) is 2.56. The summed E-state index contributed by atoms with van der Waals surface area (Å²) in [5.74, 6) is 6.54. The molecule has 3 aromatic rings. The van der Waals surface area contributed by atoms with E-state index in [2.05, 4.69) is 25.7 Å². The molecule has 0 unspecified atom stereocenters. The van der Waals surface area contributed by atoms with Crippen LogP contribution in [0.5, 0.6) is 0 Å². The third kappa shape index (κ3) is 2.96. The zero-order valence-electron chi connectivity index (χ0n) is 11.2. The number of para-hydroxylation sites is 1. The van der Waals surface area contributed by atoms with Gasteiger partial charge in [-0.2, -0.15) is 4.98 Å². The Morgan fingerprint density at radius 2 is 1.71 bits per heavy atom. The van der Waals surface area contributed by atoms with Crippen LogP contribution in [-0.4, -0.2) is 15.0 Å². The van der Waals surface area contributed by atoms with Crippen LogP contribution in [0.1, 0.15) is 0 Å². The summed E-state index contributed by atoms with van der Waals surface area (Å²) in [5, 5.41) is 3.12. The minimum atomic E-state index is 0.467. The molecule has 2 heterocycles. The van der Waals surface area contributed by atoms with Gasteiger partial charge in [-0.3, -0.25) is 4.98 Å². The van der Waals surface area contributed by atoms with E-state index in [1.807, 2.05) is 48.5 Å². The van der Waals surface area contributed by atoms with E-state index >= 15 is 0 Å². The molecule has 0 bridgehead atoms. The van der Waals surface area contributed by atoms with Crippen LogP contribution in [0, 0.1) is 0 Å². The van der Waals surface area contributed by atoms with Gasteiger partial charge in [-0.1, -0.05) is 24.3 Å². The molecule has 0 saturated heterocycles. The minimum Gasteiger partial charge on any atom is -0.324 e. The predicted octanol–water partition coefficient (Wildman–Crippen LogP) is 2.57. The summed E-state index contributed by atoms with van der Waals surface area (Å²) in [5.41, 5.74) is 5.01. The van der Waals surface area contributed by atoms with Gasteiger partial charge in [0.05, 0.1) is 11.3 Å². The molecule has 0 aliphatic rings. The van der Waals surface area contributed by atoms with E-state index in [-0.39, 0.29) is 0 Å². The number of nitrogens with two attached hydrogens (primary N) is 1. The molecule has 0 atom stereocenters. The first-order valence-corrected chi connectivity index (χ1v) is 6.44. The predicted molar refractivity (Wildman–Crippen MR) is 82.8 cm³/mol. The van der Waals surface area contributed by atoms with Crippen LogP contribution < -0.4 is 16.6 Å². The van der Waals surface area contributed by atoms with Crippen LogP contribution in [0.3, 0.4) is 0 Å². The molecular weight excluding hydrogens is 264 g/mol. The second kappa shape index (κ2) is 5.98. The smallest absolute Gasteiger partial charge is 0.229 e. The standard InChI is InChI=1S/C15H14N6/c16-21-14-12(13-8-4-5-9-17-13)10-18-15(20-14)19-11-6-2-1-3-7-11/h1-10H,16H2,(H2,18,19,20,21). The number of hydrazine groups is 1. The number of nitrogens with zero attached hydrogens (tertiary/aromatic N) is 3. The quantitative estimate of drug-likeness (QED) is 0.502. The Hall–Kier alpha value is -2.99. The first-order valence-electron chi connectivity index (χ1n) is 6.44. The van der Waals surface area contributed by atoms with Crippen molar-refractivity contribution in [3.8, 4) is 11.3 Å². The van der Waals surface area contributed by atoms with Crippen LogP contribution in [0.4, 0.5) is 17.5 Å². The van der Waals surface area contributed by atoms with Gasteiger partial charge in [0.25, 0.3) is 0 Å². The van der Waals surface area contributed by atoms with E-state index in [4.69, 9.17) is 5.84 Å². The Kier molecular flexibility index (Phi) is 3.70. The van der Waals surface area contributed by atoms with Crippen molar-refractivity contribution in [2.75, 3.05) is 10.7 Å². The van der Waals surface area contributed by atoms with Crippen molar-refractivity contribution in [3.63, 3.8) is 0 Å². The van der Waals surface area contributed by atoms with Gasteiger partial charge in [-0.05, 0) is 24.3 Å². The second-order valence-electron chi connectivity index (χ2n) is 4.31. The Bertz CT molecular complexity index is 715. The normalized spacial score (nSPS) is 10.1. The van der Waals surface area contributed by atoms with Crippen LogP contribution in [0.2, 0.25) is 0 Å². The van der Waals surface area contributed by atoms with Gasteiger partial charge in [0, 0.05) is 18.1 Å². The van der Waals surface area contributed by atoms with Gasteiger partial charge in [0.2, 0.25) is 5.95 Å². The average molecular weight is 278 g/mol. The second-order valence-corrected chi connectivity index (χ2v) is 4.31. The van der Waals surface area contributed by atoms with Crippen LogP contribution >= 0.6 is 0 Å². The molecule has 0 saturated carbocycles. The topological polar surface area (TPSA) is 88.8 Å². The number of nitrogens with one attached hydrogen (secondary N) is 2. The minimum absolute atomic E-state index is 0.467. The SMILES string of the molecule is NNc1nc(Nc2ccccc2)ncc1-c1ccccn1. The van der Waals surface area contributed by atoms with Crippen molar-refractivity contribution in [1.82, 2.24) is 15.0 Å². The number of anilines is 3. The number of nitrogen functional groups attached to an aromatic ring is 1. The lowest BCUT2D eigenvalue weighted by Gasteiger charge is -2.10. The van der Waals surface area contributed by atoms with E-state index in [0.29, 0.717) is 11.8 Å². The molecule has 0 fully saturated rings. The lowest BCUT2D eigenvalue weighted by molar-refractivity contribution is 1.13.